The first-order valence-corrected chi connectivity index (χ1v) is 8.17. The normalized spacial score (nSPS) is 19.6. The van der Waals surface area contributed by atoms with E-state index in [1.54, 1.807) is 22.9 Å². The Morgan fingerprint density at radius 3 is 2.95 bits per heavy atom. The van der Waals surface area contributed by atoms with Crippen molar-refractivity contribution in [1.29, 1.82) is 0 Å². The van der Waals surface area contributed by atoms with Gasteiger partial charge in [-0.1, -0.05) is 36.0 Å². The van der Waals surface area contributed by atoms with Crippen LogP contribution >= 0.6 is 11.8 Å². The Hall–Kier alpha value is -2.08. The molecule has 0 spiro atoms. The molecule has 1 unspecified atom stereocenters. The molecule has 114 valence electrons. The molecule has 2 amide bonds. The molecule has 1 aromatic rings. The molecule has 6 heteroatoms. The number of rotatable bonds is 2. The van der Waals surface area contributed by atoms with Crippen molar-refractivity contribution in [3.8, 4) is 0 Å². The van der Waals surface area contributed by atoms with Crippen LogP contribution in [0, 0.1) is 0 Å². The van der Waals surface area contributed by atoms with Crippen molar-refractivity contribution in [2.45, 2.75) is 19.4 Å². The zero-order valence-corrected chi connectivity index (χ0v) is 13.1. The number of carbonyl (C=O) groups is 2. The summed E-state index contributed by atoms with van der Waals surface area (Å²) < 4.78 is 0. The Kier molecular flexibility index (Phi) is 4.29. The smallest absolute Gasteiger partial charge is 0.228 e. The molecular formula is C16H17N3O2S. The van der Waals surface area contributed by atoms with E-state index in [0.29, 0.717) is 5.17 Å². The van der Waals surface area contributed by atoms with E-state index in [1.807, 2.05) is 30.3 Å². The number of amidine groups is 1. The van der Waals surface area contributed by atoms with Gasteiger partial charge in [0.15, 0.2) is 5.17 Å². The molecule has 0 saturated heterocycles. The third-order valence-electron chi connectivity index (χ3n) is 3.68. The molecule has 2 aliphatic rings. The van der Waals surface area contributed by atoms with Crippen LogP contribution in [0.15, 0.2) is 35.5 Å². The van der Waals surface area contributed by atoms with E-state index in [1.165, 1.54) is 6.92 Å². The van der Waals surface area contributed by atoms with E-state index >= 15 is 0 Å². The van der Waals surface area contributed by atoms with Gasteiger partial charge in [-0.2, -0.15) is 0 Å². The predicted octanol–water partition coefficient (Wildman–Crippen LogP) is 2.17. The van der Waals surface area contributed by atoms with E-state index < -0.39 is 0 Å². The molecule has 2 aliphatic heterocycles. The zero-order chi connectivity index (χ0) is 15.5. The Morgan fingerprint density at radius 1 is 1.41 bits per heavy atom. The highest BCUT2D eigenvalue weighted by atomic mass is 32.2. The second-order valence-electron chi connectivity index (χ2n) is 5.17. The second-order valence-corrected chi connectivity index (χ2v) is 6.26. The van der Waals surface area contributed by atoms with Gasteiger partial charge in [-0.05, 0) is 17.2 Å². The van der Waals surface area contributed by atoms with Gasteiger partial charge in [0.05, 0.1) is 19.0 Å². The lowest BCUT2D eigenvalue weighted by atomic mass is 9.93. The van der Waals surface area contributed by atoms with Crippen LogP contribution in [-0.2, 0) is 9.59 Å². The fourth-order valence-corrected chi connectivity index (χ4v) is 3.41. The SMILES string of the molecule is CC(=O)N1C=Cc2ccccc2C1CC(=O)NC1=NCCS1. The van der Waals surface area contributed by atoms with Gasteiger partial charge < -0.3 is 10.2 Å². The summed E-state index contributed by atoms with van der Waals surface area (Å²) in [4.78, 5) is 30.0. The van der Waals surface area contributed by atoms with E-state index in [2.05, 4.69) is 10.3 Å². The minimum absolute atomic E-state index is 0.0730. The van der Waals surface area contributed by atoms with E-state index in [9.17, 15) is 9.59 Å². The summed E-state index contributed by atoms with van der Waals surface area (Å²) in [6.45, 7) is 2.26. The van der Waals surface area contributed by atoms with Crippen LogP contribution in [0.25, 0.3) is 6.08 Å². The van der Waals surface area contributed by atoms with Crippen LogP contribution in [0.2, 0.25) is 0 Å². The van der Waals surface area contributed by atoms with Crippen LogP contribution in [0.1, 0.15) is 30.5 Å². The van der Waals surface area contributed by atoms with Crippen LogP contribution in [-0.4, -0.2) is 34.2 Å². The first-order valence-electron chi connectivity index (χ1n) is 7.18. The Morgan fingerprint density at radius 2 is 2.23 bits per heavy atom. The van der Waals surface area contributed by atoms with E-state index in [0.717, 1.165) is 23.4 Å². The number of amides is 2. The Balaban J connectivity index is 1.80. The first-order chi connectivity index (χ1) is 10.6. The van der Waals surface area contributed by atoms with Gasteiger partial charge in [-0.25, -0.2) is 0 Å². The van der Waals surface area contributed by atoms with Crippen LogP contribution in [0.4, 0.5) is 0 Å². The lowest BCUT2D eigenvalue weighted by Crippen LogP contribution is -2.36. The van der Waals surface area contributed by atoms with Crippen molar-refractivity contribution in [1.82, 2.24) is 10.2 Å². The summed E-state index contributed by atoms with van der Waals surface area (Å²) in [6, 6.07) is 7.57. The molecular weight excluding hydrogens is 298 g/mol. The number of hydrogen-bond acceptors (Lipinski definition) is 4. The standard InChI is InChI=1S/C16H17N3O2S/c1-11(20)19-8-6-12-4-2-3-5-13(12)14(19)10-15(21)18-16-17-7-9-22-16/h2-6,8,14H,7,9-10H2,1H3,(H,17,18,21). The van der Waals surface area contributed by atoms with Gasteiger partial charge in [0.1, 0.15) is 0 Å². The van der Waals surface area contributed by atoms with Gasteiger partial charge in [-0.3, -0.25) is 14.6 Å². The Bertz CT molecular complexity index is 669. The van der Waals surface area contributed by atoms with Crippen molar-refractivity contribution < 1.29 is 9.59 Å². The highest BCUT2D eigenvalue weighted by Gasteiger charge is 2.28. The molecule has 0 saturated carbocycles. The minimum atomic E-state index is -0.272. The van der Waals surface area contributed by atoms with E-state index in [4.69, 9.17) is 0 Å². The molecule has 0 fully saturated rings. The fourth-order valence-electron chi connectivity index (χ4n) is 2.67. The summed E-state index contributed by atoms with van der Waals surface area (Å²) in [5.41, 5.74) is 2.04. The maximum Gasteiger partial charge on any atom is 0.228 e. The van der Waals surface area contributed by atoms with Crippen LogP contribution in [0.3, 0.4) is 0 Å². The number of fused-ring (bicyclic) bond motifs is 1. The van der Waals surface area contributed by atoms with Crippen molar-refractivity contribution in [3.63, 3.8) is 0 Å². The van der Waals surface area contributed by atoms with Gasteiger partial charge in [0.25, 0.3) is 0 Å². The molecule has 2 heterocycles. The zero-order valence-electron chi connectivity index (χ0n) is 12.3. The minimum Gasteiger partial charge on any atom is -0.311 e. The fraction of sp³-hybridized carbons (Fsp3) is 0.312. The number of hydrogen-bond donors (Lipinski definition) is 1. The highest BCUT2D eigenvalue weighted by molar-refractivity contribution is 8.14. The lowest BCUT2D eigenvalue weighted by molar-refractivity contribution is -0.129. The Labute approximate surface area is 133 Å². The number of aliphatic imine (C=N–C) groups is 1. The quantitative estimate of drug-likeness (QED) is 0.910. The monoisotopic (exact) mass is 315 g/mol. The van der Waals surface area contributed by atoms with Gasteiger partial charge in [-0.15, -0.1) is 0 Å². The average Bonchev–Trinajstić information content (AvgIpc) is 3.00. The number of carbonyl (C=O) groups excluding carboxylic acids is 2. The maximum atomic E-state index is 12.3. The van der Waals surface area contributed by atoms with Gasteiger partial charge in [0.2, 0.25) is 11.8 Å². The number of thioether (sulfide) groups is 1. The maximum absolute atomic E-state index is 12.3. The second kappa shape index (κ2) is 6.36. The number of nitrogens with zero attached hydrogens (tertiary/aromatic N) is 2. The molecule has 0 bridgehead atoms. The van der Waals surface area contributed by atoms with Gasteiger partial charge in [0, 0.05) is 18.9 Å². The van der Waals surface area contributed by atoms with Crippen molar-refractivity contribution >= 4 is 34.8 Å². The van der Waals surface area contributed by atoms with Crippen LogP contribution in [0.5, 0.6) is 0 Å². The van der Waals surface area contributed by atoms with Gasteiger partial charge >= 0.3 is 0 Å². The topological polar surface area (TPSA) is 61.8 Å². The molecule has 0 aliphatic carbocycles. The van der Waals surface area contributed by atoms with E-state index in [-0.39, 0.29) is 24.3 Å². The van der Waals surface area contributed by atoms with Crippen molar-refractivity contribution in [2.75, 3.05) is 12.3 Å². The molecule has 1 N–H and O–H groups in total. The summed E-state index contributed by atoms with van der Waals surface area (Å²) in [6.07, 6.45) is 3.88. The molecule has 22 heavy (non-hydrogen) atoms. The molecule has 0 aromatic heterocycles. The third kappa shape index (κ3) is 3.06. The first kappa shape index (κ1) is 14.8. The predicted molar refractivity (Wildman–Crippen MR) is 88.3 cm³/mol. The lowest BCUT2D eigenvalue weighted by Gasteiger charge is -2.32. The van der Waals surface area contributed by atoms with Crippen molar-refractivity contribution in [3.05, 3.63) is 41.6 Å². The average molecular weight is 315 g/mol. The van der Waals surface area contributed by atoms with Crippen molar-refractivity contribution in [2.24, 2.45) is 4.99 Å². The summed E-state index contributed by atoms with van der Waals surface area (Å²) in [5.74, 6) is 0.718. The largest absolute Gasteiger partial charge is 0.311 e. The number of benzene rings is 1. The molecule has 5 nitrogen and oxygen atoms in total. The van der Waals surface area contributed by atoms with Crippen LogP contribution < -0.4 is 5.32 Å². The molecule has 1 atom stereocenters. The molecule has 3 rings (SSSR count). The third-order valence-corrected chi connectivity index (χ3v) is 4.57. The summed E-state index contributed by atoms with van der Waals surface area (Å²) in [7, 11) is 0. The molecule has 0 radical (unpaired) electrons. The number of nitrogens with one attached hydrogen (secondary N) is 1. The molecule has 1 aromatic carbocycles. The highest BCUT2D eigenvalue weighted by Crippen LogP contribution is 2.32. The summed E-state index contributed by atoms with van der Waals surface area (Å²) >= 11 is 1.55. The summed E-state index contributed by atoms with van der Waals surface area (Å²) in [5, 5.41) is 3.51.